The Labute approximate surface area is 167 Å². The highest BCUT2D eigenvalue weighted by atomic mass is 16.1. The molecule has 1 aliphatic carbocycles. The number of benzene rings is 1. The van der Waals surface area contributed by atoms with Crippen molar-refractivity contribution in [2.24, 2.45) is 11.8 Å². The number of fused-ring (bicyclic) bond motifs is 1. The second kappa shape index (κ2) is 8.60. The van der Waals surface area contributed by atoms with Gasteiger partial charge in [-0.15, -0.1) is 0 Å². The maximum atomic E-state index is 12.1. The average molecular weight is 381 g/mol. The molecule has 0 radical (unpaired) electrons. The molecule has 4 rings (SSSR count). The molecule has 150 valence electrons. The lowest BCUT2D eigenvalue weighted by atomic mass is 9.79. The Balaban J connectivity index is 1.69. The van der Waals surface area contributed by atoms with Gasteiger partial charge in [0.1, 0.15) is 6.29 Å². The van der Waals surface area contributed by atoms with Gasteiger partial charge in [-0.05, 0) is 80.3 Å². The van der Waals surface area contributed by atoms with Crippen molar-refractivity contribution < 1.29 is 4.79 Å². The van der Waals surface area contributed by atoms with Crippen molar-refractivity contribution in [1.82, 2.24) is 9.88 Å². The van der Waals surface area contributed by atoms with Crippen LogP contribution in [0.3, 0.4) is 0 Å². The number of aryl methyl sites for hydroxylation is 1. The topological polar surface area (TPSA) is 53.2 Å². The van der Waals surface area contributed by atoms with E-state index < -0.39 is 0 Å². The number of rotatable bonds is 5. The molecule has 2 heterocycles. The fourth-order valence-electron chi connectivity index (χ4n) is 5.28. The van der Waals surface area contributed by atoms with E-state index in [0.29, 0.717) is 12.0 Å². The van der Waals surface area contributed by atoms with Crippen molar-refractivity contribution in [1.29, 1.82) is 0 Å². The first-order valence-electron chi connectivity index (χ1n) is 11.0. The molecular formula is C24H32N2O2. The van der Waals surface area contributed by atoms with E-state index >= 15 is 0 Å². The molecule has 2 aliphatic rings. The van der Waals surface area contributed by atoms with E-state index in [1.165, 1.54) is 37.7 Å². The van der Waals surface area contributed by atoms with Gasteiger partial charge in [-0.1, -0.05) is 32.3 Å². The molecule has 1 aliphatic heterocycles. The molecule has 4 heteroatoms. The molecule has 1 saturated carbocycles. The van der Waals surface area contributed by atoms with Crippen LogP contribution in [0.25, 0.3) is 10.9 Å². The minimum atomic E-state index is 0.0301. The molecule has 2 fully saturated rings. The minimum absolute atomic E-state index is 0.0301. The molecule has 28 heavy (non-hydrogen) atoms. The number of pyridine rings is 1. The summed E-state index contributed by atoms with van der Waals surface area (Å²) < 4.78 is 0. The average Bonchev–Trinajstić information content (AvgIpc) is 2.75. The first-order chi connectivity index (χ1) is 13.7. The number of piperidine rings is 1. The van der Waals surface area contributed by atoms with E-state index in [1.807, 2.05) is 6.92 Å². The van der Waals surface area contributed by atoms with Crippen LogP contribution in [-0.4, -0.2) is 29.3 Å². The van der Waals surface area contributed by atoms with Crippen LogP contribution in [0.2, 0.25) is 0 Å². The number of carbonyl (C=O) groups excluding carboxylic acids is 1. The number of hydrogen-bond acceptors (Lipinski definition) is 3. The molecule has 2 aromatic rings. The second-order valence-electron chi connectivity index (χ2n) is 8.68. The van der Waals surface area contributed by atoms with Crippen LogP contribution < -0.4 is 5.56 Å². The highest BCUT2D eigenvalue weighted by molar-refractivity contribution is 5.79. The standard InChI is InChI=1S/C24H32N2O2/c1-2-18-14-21-15-20(8-9-22(21)25-24(18)28)23(19-6-4-3-5-7-19)26-12-10-17(16-27)11-13-26/h8-9,14-17,19,23H,2-7,10-13H2,1H3,(H,25,28). The largest absolute Gasteiger partial charge is 0.322 e. The molecule has 1 saturated heterocycles. The third-order valence-corrected chi connectivity index (χ3v) is 6.92. The number of aromatic nitrogens is 1. The van der Waals surface area contributed by atoms with Crippen LogP contribution in [0.4, 0.5) is 0 Å². The van der Waals surface area contributed by atoms with Crippen LogP contribution in [0.1, 0.15) is 69.0 Å². The number of aldehydes is 1. The van der Waals surface area contributed by atoms with E-state index in [9.17, 15) is 9.59 Å². The molecule has 1 N–H and O–H groups in total. The minimum Gasteiger partial charge on any atom is -0.322 e. The number of aromatic amines is 1. The van der Waals surface area contributed by atoms with E-state index in [-0.39, 0.29) is 11.5 Å². The molecule has 4 nitrogen and oxygen atoms in total. The number of likely N-dealkylation sites (tertiary alicyclic amines) is 1. The van der Waals surface area contributed by atoms with Crippen LogP contribution in [0.5, 0.6) is 0 Å². The third-order valence-electron chi connectivity index (χ3n) is 6.92. The van der Waals surface area contributed by atoms with Gasteiger partial charge >= 0.3 is 0 Å². The molecule has 1 aromatic heterocycles. The molecule has 1 unspecified atom stereocenters. The zero-order valence-electron chi connectivity index (χ0n) is 17.0. The zero-order valence-corrected chi connectivity index (χ0v) is 17.0. The number of nitrogens with zero attached hydrogens (tertiary/aromatic N) is 1. The molecule has 0 bridgehead atoms. The SMILES string of the molecule is CCc1cc2cc(C(C3CCCCC3)N3CCC(C=O)CC3)ccc2[nH]c1=O. The second-order valence-corrected chi connectivity index (χ2v) is 8.68. The summed E-state index contributed by atoms with van der Waals surface area (Å²) in [6, 6.07) is 9.09. The highest BCUT2D eigenvalue weighted by Gasteiger charge is 2.32. The van der Waals surface area contributed by atoms with Gasteiger partial charge < -0.3 is 9.78 Å². The van der Waals surface area contributed by atoms with Gasteiger partial charge in [-0.25, -0.2) is 0 Å². The van der Waals surface area contributed by atoms with Crippen molar-refractivity contribution in [2.45, 2.75) is 64.3 Å². The smallest absolute Gasteiger partial charge is 0.251 e. The van der Waals surface area contributed by atoms with Crippen molar-refractivity contribution >= 4 is 17.2 Å². The summed E-state index contributed by atoms with van der Waals surface area (Å²) in [5, 5.41) is 1.14. The molecule has 0 amide bonds. The lowest BCUT2D eigenvalue weighted by molar-refractivity contribution is -0.112. The lowest BCUT2D eigenvalue weighted by Crippen LogP contribution is -2.40. The Hall–Kier alpha value is -1.94. The van der Waals surface area contributed by atoms with Crippen molar-refractivity contribution in [3.8, 4) is 0 Å². The molecule has 1 atom stereocenters. The first kappa shape index (κ1) is 19.4. The predicted molar refractivity (Wildman–Crippen MR) is 114 cm³/mol. The van der Waals surface area contributed by atoms with E-state index in [2.05, 4.69) is 34.1 Å². The summed E-state index contributed by atoms with van der Waals surface area (Å²) in [4.78, 5) is 29.0. The monoisotopic (exact) mass is 380 g/mol. The van der Waals surface area contributed by atoms with Crippen LogP contribution >= 0.6 is 0 Å². The maximum absolute atomic E-state index is 12.1. The molecule has 1 aromatic carbocycles. The quantitative estimate of drug-likeness (QED) is 0.770. The fraction of sp³-hybridized carbons (Fsp3) is 0.583. The van der Waals surface area contributed by atoms with E-state index in [4.69, 9.17) is 0 Å². The van der Waals surface area contributed by atoms with Crippen molar-refractivity contribution in [3.63, 3.8) is 0 Å². The van der Waals surface area contributed by atoms with Gasteiger partial charge in [-0.2, -0.15) is 0 Å². The van der Waals surface area contributed by atoms with Crippen molar-refractivity contribution in [3.05, 3.63) is 45.7 Å². The first-order valence-corrected chi connectivity index (χ1v) is 11.0. The summed E-state index contributed by atoms with van der Waals surface area (Å²) >= 11 is 0. The summed E-state index contributed by atoms with van der Waals surface area (Å²) in [6.45, 7) is 4.05. The fourth-order valence-corrected chi connectivity index (χ4v) is 5.28. The van der Waals surface area contributed by atoms with Crippen molar-refractivity contribution in [2.75, 3.05) is 13.1 Å². The Morgan fingerprint density at radius 1 is 1.11 bits per heavy atom. The predicted octanol–water partition coefficient (Wildman–Crippen LogP) is 4.62. The number of hydrogen-bond donors (Lipinski definition) is 1. The van der Waals surface area contributed by atoms with Gasteiger partial charge in [0, 0.05) is 23.0 Å². The normalized spacial score (nSPS) is 21.0. The Morgan fingerprint density at radius 2 is 1.86 bits per heavy atom. The number of nitrogens with one attached hydrogen (secondary N) is 1. The maximum Gasteiger partial charge on any atom is 0.251 e. The summed E-state index contributed by atoms with van der Waals surface area (Å²) in [5.74, 6) is 0.921. The van der Waals surface area contributed by atoms with Crippen LogP contribution in [-0.2, 0) is 11.2 Å². The van der Waals surface area contributed by atoms with Gasteiger partial charge in [0.15, 0.2) is 0 Å². The zero-order chi connectivity index (χ0) is 19.5. The lowest BCUT2D eigenvalue weighted by Gasteiger charge is -2.42. The Bertz CT molecular complexity index is 874. The number of carbonyl (C=O) groups is 1. The summed E-state index contributed by atoms with van der Waals surface area (Å²) in [6.07, 6.45) is 10.5. The summed E-state index contributed by atoms with van der Waals surface area (Å²) in [5.41, 5.74) is 3.18. The van der Waals surface area contributed by atoms with E-state index in [0.717, 1.165) is 55.1 Å². The molecular weight excluding hydrogens is 348 g/mol. The van der Waals surface area contributed by atoms with Gasteiger partial charge in [0.05, 0.1) is 0 Å². The summed E-state index contributed by atoms with van der Waals surface area (Å²) in [7, 11) is 0. The third kappa shape index (κ3) is 3.93. The highest BCUT2D eigenvalue weighted by Crippen LogP contribution is 2.40. The Morgan fingerprint density at radius 3 is 2.54 bits per heavy atom. The van der Waals surface area contributed by atoms with Crippen LogP contribution in [0, 0.1) is 11.8 Å². The Kier molecular flexibility index (Phi) is 5.96. The number of H-pyrrole nitrogens is 1. The van der Waals surface area contributed by atoms with E-state index in [1.54, 1.807) is 0 Å². The molecule has 0 spiro atoms. The van der Waals surface area contributed by atoms with Gasteiger partial charge in [0.25, 0.3) is 5.56 Å². The van der Waals surface area contributed by atoms with Gasteiger partial charge in [-0.3, -0.25) is 9.69 Å². The van der Waals surface area contributed by atoms with Gasteiger partial charge in [0.2, 0.25) is 0 Å². The van der Waals surface area contributed by atoms with Crippen LogP contribution in [0.15, 0.2) is 29.1 Å².